The van der Waals surface area contributed by atoms with Crippen LogP contribution in [0, 0.1) is 18.6 Å². The minimum Gasteiger partial charge on any atom is -0.355 e. The van der Waals surface area contributed by atoms with Gasteiger partial charge in [0, 0.05) is 43.6 Å². The van der Waals surface area contributed by atoms with Crippen molar-refractivity contribution in [3.05, 3.63) is 122 Å². The zero-order valence-corrected chi connectivity index (χ0v) is 25.2. The molecular weight excluding hydrogens is 604 g/mol. The lowest BCUT2D eigenvalue weighted by Gasteiger charge is -2.09. The summed E-state index contributed by atoms with van der Waals surface area (Å²) in [5.74, 6) is -2.45. The Morgan fingerprint density at radius 2 is 1.82 bits per heavy atom. The number of benzene rings is 3. The Morgan fingerprint density at radius 1 is 1.02 bits per heavy atom. The fraction of sp³-hybridized carbons (Fsp3) is 0.156. The number of anilines is 2. The normalized spacial score (nSPS) is 11.2. The van der Waals surface area contributed by atoms with Crippen molar-refractivity contribution in [1.82, 2.24) is 30.0 Å². The van der Waals surface area contributed by atoms with Gasteiger partial charge in [0.15, 0.2) is 11.6 Å². The number of hydrogen-bond acceptors (Lipinski definition) is 6. The fourth-order valence-electron chi connectivity index (χ4n) is 4.70. The predicted octanol–water partition coefficient (Wildman–Crippen LogP) is 4.96. The number of hydrogen-bond donors (Lipinski definition) is 3. The van der Waals surface area contributed by atoms with E-state index in [0.717, 1.165) is 23.1 Å². The first-order chi connectivity index (χ1) is 21.5. The molecule has 5 rings (SSSR count). The number of amides is 2. The first-order valence-corrected chi connectivity index (χ1v) is 14.1. The van der Waals surface area contributed by atoms with Crippen molar-refractivity contribution in [2.45, 2.75) is 13.5 Å². The van der Waals surface area contributed by atoms with Crippen molar-refractivity contribution in [2.24, 2.45) is 7.05 Å². The number of nitrogens with one attached hydrogen (secondary N) is 3. The second-order valence-electron chi connectivity index (χ2n) is 10.1. The van der Waals surface area contributed by atoms with Gasteiger partial charge in [-0.1, -0.05) is 35.9 Å². The molecule has 0 aliphatic rings. The summed E-state index contributed by atoms with van der Waals surface area (Å²) >= 11 is 6.23. The van der Waals surface area contributed by atoms with Gasteiger partial charge in [-0.05, 0) is 60.5 Å². The van der Waals surface area contributed by atoms with E-state index >= 15 is 0 Å². The zero-order chi connectivity index (χ0) is 32.2. The van der Waals surface area contributed by atoms with E-state index in [-0.39, 0.29) is 24.6 Å². The molecule has 0 atom stereocenters. The molecule has 3 N–H and O–H groups in total. The summed E-state index contributed by atoms with van der Waals surface area (Å²) in [6.45, 7) is 1.78. The molecule has 2 heterocycles. The van der Waals surface area contributed by atoms with Crippen LogP contribution in [0.1, 0.15) is 37.5 Å². The molecule has 2 amide bonds. The Bertz CT molecular complexity index is 2040. The van der Waals surface area contributed by atoms with E-state index in [4.69, 9.17) is 11.6 Å². The summed E-state index contributed by atoms with van der Waals surface area (Å²) in [4.78, 5) is 46.7. The van der Waals surface area contributed by atoms with E-state index < -0.39 is 23.1 Å². The second kappa shape index (κ2) is 13.1. The van der Waals surface area contributed by atoms with Crippen LogP contribution in [0.4, 0.5) is 20.4 Å². The molecule has 0 aliphatic carbocycles. The second-order valence-corrected chi connectivity index (χ2v) is 10.5. The Labute approximate surface area is 261 Å². The largest absolute Gasteiger partial charge is 0.355 e. The lowest BCUT2D eigenvalue weighted by molar-refractivity contribution is 0.0950. The molecule has 10 nitrogen and oxygen atoms in total. The van der Waals surface area contributed by atoms with Gasteiger partial charge in [0.05, 0.1) is 22.6 Å². The highest BCUT2D eigenvalue weighted by atomic mass is 35.5. The van der Waals surface area contributed by atoms with E-state index in [9.17, 15) is 23.2 Å². The van der Waals surface area contributed by atoms with Gasteiger partial charge in [-0.15, -0.1) is 0 Å². The molecule has 0 saturated carbocycles. The first-order valence-electron chi connectivity index (χ1n) is 13.8. The van der Waals surface area contributed by atoms with Gasteiger partial charge in [-0.25, -0.2) is 23.4 Å². The van der Waals surface area contributed by atoms with Gasteiger partial charge in [-0.2, -0.15) is 0 Å². The molecule has 45 heavy (non-hydrogen) atoms. The molecule has 5 aromatic rings. The third-order valence-electron chi connectivity index (χ3n) is 7.19. The minimum atomic E-state index is -1.01. The molecule has 0 saturated heterocycles. The highest BCUT2D eigenvalue weighted by molar-refractivity contribution is 6.34. The molecule has 0 radical (unpaired) electrons. The van der Waals surface area contributed by atoms with Crippen LogP contribution >= 0.6 is 11.6 Å². The molecular formula is C32H28ClF2N7O3. The van der Waals surface area contributed by atoms with Gasteiger partial charge in [0.1, 0.15) is 5.56 Å². The summed E-state index contributed by atoms with van der Waals surface area (Å²) in [5.41, 5.74) is 2.81. The van der Waals surface area contributed by atoms with Crippen molar-refractivity contribution in [2.75, 3.05) is 18.9 Å². The Balaban J connectivity index is 1.22. The van der Waals surface area contributed by atoms with Crippen LogP contribution in [0.3, 0.4) is 0 Å². The average Bonchev–Trinajstić information content (AvgIpc) is 3.23. The van der Waals surface area contributed by atoms with Crippen LogP contribution in [-0.4, -0.2) is 44.7 Å². The molecule has 0 fully saturated rings. The summed E-state index contributed by atoms with van der Waals surface area (Å²) in [6.07, 6.45) is 5.25. The van der Waals surface area contributed by atoms with Gasteiger partial charge < -0.3 is 16.0 Å². The maximum Gasteiger partial charge on any atom is 0.280 e. The summed E-state index contributed by atoms with van der Waals surface area (Å²) in [5, 5.41) is 9.44. The Hall–Kier alpha value is -5.36. The molecule has 3 aromatic carbocycles. The molecule has 230 valence electrons. The van der Waals surface area contributed by atoms with Crippen LogP contribution < -0.4 is 21.5 Å². The van der Waals surface area contributed by atoms with Crippen molar-refractivity contribution in [3.8, 4) is 0 Å². The fourth-order valence-corrected chi connectivity index (χ4v) is 4.97. The molecule has 2 aromatic heterocycles. The lowest BCUT2D eigenvalue weighted by Crippen LogP contribution is -2.31. The van der Waals surface area contributed by atoms with Crippen molar-refractivity contribution in [3.63, 3.8) is 0 Å². The summed E-state index contributed by atoms with van der Waals surface area (Å²) < 4.78 is 29.8. The topological polar surface area (TPSA) is 123 Å². The predicted molar refractivity (Wildman–Crippen MR) is 169 cm³/mol. The molecule has 0 bridgehead atoms. The number of rotatable bonds is 9. The number of carbonyl (C=O) groups is 2. The van der Waals surface area contributed by atoms with Gasteiger partial charge in [-0.3, -0.25) is 19.1 Å². The lowest BCUT2D eigenvalue weighted by atomic mass is 10.1. The van der Waals surface area contributed by atoms with Gasteiger partial charge in [0.25, 0.3) is 17.4 Å². The highest BCUT2D eigenvalue weighted by Crippen LogP contribution is 2.24. The maximum absolute atomic E-state index is 13.6. The van der Waals surface area contributed by atoms with Crippen LogP contribution in [0.5, 0.6) is 0 Å². The van der Waals surface area contributed by atoms with E-state index in [2.05, 4.69) is 25.9 Å². The third-order valence-corrected chi connectivity index (χ3v) is 7.51. The maximum atomic E-state index is 13.6. The van der Waals surface area contributed by atoms with Gasteiger partial charge >= 0.3 is 0 Å². The van der Waals surface area contributed by atoms with E-state index in [1.165, 1.54) is 22.5 Å². The number of fused-ring (bicyclic) bond motifs is 1. The first kappa shape index (κ1) is 31.1. The van der Waals surface area contributed by atoms with E-state index in [1.807, 2.05) is 24.3 Å². The third kappa shape index (κ3) is 6.75. The molecule has 13 heteroatoms. The van der Waals surface area contributed by atoms with Crippen LogP contribution in [0.25, 0.3) is 17.0 Å². The number of carbonyl (C=O) groups excluding carboxylic acids is 2. The molecule has 0 unspecified atom stereocenters. The van der Waals surface area contributed by atoms with Crippen molar-refractivity contribution < 1.29 is 18.4 Å². The smallest absolute Gasteiger partial charge is 0.280 e. The monoisotopic (exact) mass is 631 g/mol. The summed E-state index contributed by atoms with van der Waals surface area (Å²) in [6, 6.07) is 14.0. The number of halogens is 3. The van der Waals surface area contributed by atoms with Crippen LogP contribution in [0.15, 0.2) is 71.7 Å². The summed E-state index contributed by atoms with van der Waals surface area (Å²) in [7, 11) is 3.15. The van der Waals surface area contributed by atoms with Crippen LogP contribution in [-0.2, 0) is 13.6 Å². The zero-order valence-electron chi connectivity index (χ0n) is 24.5. The van der Waals surface area contributed by atoms with Gasteiger partial charge in [0.2, 0.25) is 5.95 Å². The van der Waals surface area contributed by atoms with E-state index in [1.54, 1.807) is 44.4 Å². The Morgan fingerprint density at radius 3 is 2.56 bits per heavy atom. The minimum absolute atomic E-state index is 0.0228. The standard InChI is InChI=1S/C32H28ClF2N7O3/c1-18-28(31(45)42(41(18)3)17-20-6-10-25(34)26(35)14-20)30(44)37-12-4-5-19-7-11-27-21(13-19)16-38-32(40-27)39-22-8-9-23(24(33)15-22)29(43)36-2/h4-11,13-16H,12,17H2,1-3H3,(H,36,43)(H,37,44)(H,38,39,40). The average molecular weight is 632 g/mol. The van der Waals surface area contributed by atoms with Crippen molar-refractivity contribution in [1.29, 1.82) is 0 Å². The van der Waals surface area contributed by atoms with Crippen molar-refractivity contribution >= 4 is 52.0 Å². The highest BCUT2D eigenvalue weighted by Gasteiger charge is 2.21. The SMILES string of the molecule is CNC(=O)c1ccc(Nc2ncc3cc(C=CCNC(=O)c4c(C)n(C)n(Cc5ccc(F)c(F)c5)c4=O)ccc3n2)cc1Cl. The quantitative estimate of drug-likeness (QED) is 0.211. The Kier molecular flexibility index (Phi) is 9.05. The van der Waals surface area contributed by atoms with E-state index in [0.29, 0.717) is 39.0 Å². The molecule has 0 spiro atoms. The van der Waals surface area contributed by atoms with Crippen LogP contribution in [0.2, 0.25) is 5.02 Å². The molecule has 0 aliphatic heterocycles. The number of aromatic nitrogens is 4. The number of nitrogens with zero attached hydrogens (tertiary/aromatic N) is 4.